The van der Waals surface area contributed by atoms with Gasteiger partial charge in [-0.15, -0.1) is 0 Å². The van der Waals surface area contributed by atoms with Crippen LogP contribution in [0.2, 0.25) is 0 Å². The van der Waals surface area contributed by atoms with Gasteiger partial charge in [0.2, 0.25) is 5.75 Å². The maximum atomic E-state index is 12.8. The fourth-order valence-corrected chi connectivity index (χ4v) is 6.09. The zero-order chi connectivity index (χ0) is 28.9. The molecule has 2 aliphatic rings. The molecule has 3 heterocycles. The lowest BCUT2D eigenvalue weighted by molar-refractivity contribution is -0.924. The second-order valence-corrected chi connectivity index (χ2v) is 10.4. The number of quaternary nitrogens is 1. The summed E-state index contributed by atoms with van der Waals surface area (Å²) in [6.45, 7) is 6.11. The van der Waals surface area contributed by atoms with Gasteiger partial charge < -0.3 is 28.4 Å². The Morgan fingerprint density at radius 2 is 1.83 bits per heavy atom. The van der Waals surface area contributed by atoms with Crippen molar-refractivity contribution in [2.45, 2.75) is 32.4 Å². The van der Waals surface area contributed by atoms with Crippen molar-refractivity contribution in [3.63, 3.8) is 0 Å². The zero-order valence-electron chi connectivity index (χ0n) is 23.9. The predicted octanol–water partition coefficient (Wildman–Crippen LogP) is 2.24. The van der Waals surface area contributed by atoms with Crippen LogP contribution in [-0.4, -0.2) is 57.7 Å². The van der Waals surface area contributed by atoms with E-state index in [9.17, 15) is 9.59 Å². The highest BCUT2D eigenvalue weighted by Crippen LogP contribution is 2.38. The molecule has 1 fully saturated rings. The van der Waals surface area contributed by atoms with Crippen LogP contribution in [0.1, 0.15) is 46.4 Å². The first-order valence-corrected chi connectivity index (χ1v) is 13.9. The smallest absolute Gasteiger partial charge is 0.271 e. The molecule has 1 amide bonds. The molecular formula is C31H37N4O6+. The number of amides is 1. The van der Waals surface area contributed by atoms with Crippen LogP contribution < -0.4 is 34.8 Å². The molecule has 2 N–H and O–H groups in total. The van der Waals surface area contributed by atoms with Gasteiger partial charge in [-0.3, -0.25) is 9.59 Å². The van der Waals surface area contributed by atoms with E-state index in [4.69, 9.17) is 18.9 Å². The summed E-state index contributed by atoms with van der Waals surface area (Å²) in [5.74, 6) is 2.48. The zero-order valence-corrected chi connectivity index (χ0v) is 23.9. The number of fused-ring (bicyclic) bond motifs is 4. The van der Waals surface area contributed by atoms with Gasteiger partial charge in [-0.05, 0) is 55.3 Å². The number of rotatable bonds is 10. The Bertz CT molecular complexity index is 1480. The van der Waals surface area contributed by atoms with Crippen molar-refractivity contribution in [2.75, 3.05) is 41.0 Å². The second-order valence-electron chi connectivity index (χ2n) is 10.4. The van der Waals surface area contributed by atoms with Crippen LogP contribution in [-0.2, 0) is 13.1 Å². The normalized spacial score (nSPS) is 19.4. The minimum Gasteiger partial charge on any atom is -0.493 e. The minimum absolute atomic E-state index is 0.101. The number of nitrogens with one attached hydrogen (secondary N) is 2. The fourth-order valence-electron chi connectivity index (χ4n) is 6.09. The number of carbonyl (C=O) groups is 1. The van der Waals surface area contributed by atoms with Gasteiger partial charge >= 0.3 is 0 Å². The summed E-state index contributed by atoms with van der Waals surface area (Å²) in [6, 6.07) is 14.7. The maximum Gasteiger partial charge on any atom is 0.271 e. The molecule has 2 bridgehead atoms. The summed E-state index contributed by atoms with van der Waals surface area (Å²) >= 11 is 0. The Labute approximate surface area is 239 Å². The van der Waals surface area contributed by atoms with Gasteiger partial charge in [0.15, 0.2) is 11.5 Å². The fraction of sp³-hybridized carbons (Fsp3) is 0.387. The lowest BCUT2D eigenvalue weighted by Crippen LogP contribution is -3.13. The van der Waals surface area contributed by atoms with E-state index in [1.165, 1.54) is 26.2 Å². The summed E-state index contributed by atoms with van der Waals surface area (Å²) < 4.78 is 23.9. The highest BCUT2D eigenvalue weighted by Gasteiger charge is 2.37. The lowest BCUT2D eigenvalue weighted by Gasteiger charge is -2.40. The molecule has 0 saturated carbocycles. The first-order chi connectivity index (χ1) is 19.9. The number of hydrogen-bond acceptors (Lipinski definition) is 7. The number of piperidine rings is 1. The summed E-state index contributed by atoms with van der Waals surface area (Å²) in [7, 11) is 4.51. The first kappa shape index (κ1) is 28.2. The van der Waals surface area contributed by atoms with Gasteiger partial charge in [0.1, 0.15) is 12.3 Å². The number of likely N-dealkylation sites (tertiary alicyclic amines) is 1. The Morgan fingerprint density at radius 3 is 2.54 bits per heavy atom. The summed E-state index contributed by atoms with van der Waals surface area (Å²) in [5.41, 5.74) is 6.10. The molecule has 3 unspecified atom stereocenters. The summed E-state index contributed by atoms with van der Waals surface area (Å²) in [5, 5.41) is 4.20. The van der Waals surface area contributed by atoms with E-state index in [-0.39, 0.29) is 5.56 Å². The number of ether oxygens (including phenoxy) is 4. The lowest BCUT2D eigenvalue weighted by atomic mass is 9.83. The third-order valence-corrected chi connectivity index (χ3v) is 7.80. The van der Waals surface area contributed by atoms with Crippen LogP contribution in [0, 0.1) is 5.92 Å². The number of hydrogen-bond donors (Lipinski definition) is 2. The molecule has 3 aromatic rings. The Morgan fingerprint density at radius 1 is 1.05 bits per heavy atom. The van der Waals surface area contributed by atoms with Crippen molar-refractivity contribution in [3.8, 4) is 23.0 Å². The molecule has 5 rings (SSSR count). The van der Waals surface area contributed by atoms with Crippen LogP contribution >= 0.6 is 0 Å². The third-order valence-electron chi connectivity index (χ3n) is 7.80. The van der Waals surface area contributed by atoms with E-state index in [0.717, 1.165) is 55.2 Å². The van der Waals surface area contributed by atoms with Crippen molar-refractivity contribution in [1.29, 1.82) is 0 Å². The van der Waals surface area contributed by atoms with Gasteiger partial charge in [-0.2, -0.15) is 5.10 Å². The highest BCUT2D eigenvalue weighted by atomic mass is 16.5. The largest absolute Gasteiger partial charge is 0.493 e. The standard InChI is InChI=1S/C31H36N4O6/c1-5-41-26-10-9-20(15-32-33-31(37)22-13-27(38-2)30(40-4)28(14-22)39-3)11-24(26)19-34-16-21-12-23(18-34)25-7-6-8-29(36)35(25)17-21/h6-11,13-15,21,23H,5,12,16-19H2,1-4H3,(H,33,37)/p+1. The number of aromatic nitrogens is 1. The van der Waals surface area contributed by atoms with E-state index >= 15 is 0 Å². The Hall–Kier alpha value is -4.31. The van der Waals surface area contributed by atoms with Crippen LogP contribution in [0.15, 0.2) is 58.4 Å². The molecule has 2 aromatic carbocycles. The molecule has 2 aliphatic heterocycles. The SMILES string of the molecule is CCOc1ccc(C=NNC(=O)c2cc(OC)c(OC)c(OC)c2)cc1C[NH+]1CC2CC(C1)c1cccc(=O)n1C2. The van der Waals surface area contributed by atoms with Gasteiger partial charge in [0.25, 0.3) is 11.5 Å². The van der Waals surface area contributed by atoms with Gasteiger partial charge in [0, 0.05) is 41.3 Å². The number of methoxy groups -OCH3 is 3. The number of nitrogens with zero attached hydrogens (tertiary/aromatic N) is 2. The van der Waals surface area contributed by atoms with Crippen LogP contribution in [0.5, 0.6) is 23.0 Å². The first-order valence-electron chi connectivity index (χ1n) is 13.9. The maximum absolute atomic E-state index is 12.8. The average Bonchev–Trinajstić information content (AvgIpc) is 2.98. The van der Waals surface area contributed by atoms with Crippen molar-refractivity contribution in [2.24, 2.45) is 11.0 Å². The minimum atomic E-state index is -0.407. The number of carbonyl (C=O) groups excluding carboxylic acids is 1. The number of benzene rings is 2. The molecule has 216 valence electrons. The van der Waals surface area contributed by atoms with E-state index in [1.807, 2.05) is 29.7 Å². The molecule has 0 spiro atoms. The summed E-state index contributed by atoms with van der Waals surface area (Å²) in [4.78, 5) is 26.7. The van der Waals surface area contributed by atoms with E-state index < -0.39 is 5.91 Å². The molecule has 1 saturated heterocycles. The molecule has 0 aliphatic carbocycles. The number of pyridine rings is 1. The van der Waals surface area contributed by atoms with E-state index in [1.54, 1.807) is 24.4 Å². The van der Waals surface area contributed by atoms with Crippen molar-refractivity contribution in [3.05, 3.63) is 81.3 Å². The molecule has 41 heavy (non-hydrogen) atoms. The molecule has 10 heteroatoms. The molecule has 0 radical (unpaired) electrons. The molecule has 3 atom stereocenters. The Kier molecular flexibility index (Phi) is 8.58. The second kappa shape index (κ2) is 12.5. The quantitative estimate of drug-likeness (QED) is 0.291. The van der Waals surface area contributed by atoms with E-state index in [0.29, 0.717) is 41.3 Å². The summed E-state index contributed by atoms with van der Waals surface area (Å²) in [6.07, 6.45) is 2.75. The number of hydrazone groups is 1. The highest BCUT2D eigenvalue weighted by molar-refractivity contribution is 5.96. The molecule has 10 nitrogen and oxygen atoms in total. The third kappa shape index (κ3) is 6.07. The van der Waals surface area contributed by atoms with Gasteiger partial charge in [-0.1, -0.05) is 6.07 Å². The Balaban J connectivity index is 1.30. The van der Waals surface area contributed by atoms with Gasteiger partial charge in [-0.25, -0.2) is 5.43 Å². The topological polar surface area (TPSA) is 105 Å². The van der Waals surface area contributed by atoms with Crippen molar-refractivity contribution >= 4 is 12.1 Å². The van der Waals surface area contributed by atoms with Crippen LogP contribution in [0.3, 0.4) is 0 Å². The van der Waals surface area contributed by atoms with E-state index in [2.05, 4.69) is 22.7 Å². The molecule has 1 aromatic heterocycles. The monoisotopic (exact) mass is 561 g/mol. The van der Waals surface area contributed by atoms with Crippen LogP contribution in [0.25, 0.3) is 0 Å². The predicted molar refractivity (Wildman–Crippen MR) is 155 cm³/mol. The average molecular weight is 562 g/mol. The van der Waals surface area contributed by atoms with Gasteiger partial charge in [0.05, 0.1) is 47.2 Å². The van der Waals surface area contributed by atoms with Crippen LogP contribution in [0.4, 0.5) is 0 Å². The van der Waals surface area contributed by atoms with Crippen molar-refractivity contribution < 1.29 is 28.6 Å². The molecular weight excluding hydrogens is 524 g/mol. The van der Waals surface area contributed by atoms with Crippen molar-refractivity contribution in [1.82, 2.24) is 9.99 Å².